The standard InChI is InChI=1S/C13H25N3O2.ClH/c1-9(2)16-13(18)5-3-4-12(17)15-8-11(14)10-6-7-10;/h9-11H,3-8,14H2,1-2H3,(H,15,17)(H,16,18);1H. The van der Waals surface area contributed by atoms with Crippen LogP contribution in [0.2, 0.25) is 0 Å². The van der Waals surface area contributed by atoms with E-state index in [9.17, 15) is 9.59 Å². The average molecular weight is 292 g/mol. The van der Waals surface area contributed by atoms with Crippen LogP contribution in [0.3, 0.4) is 0 Å². The Kier molecular flexibility index (Phi) is 8.76. The third kappa shape index (κ3) is 8.83. The van der Waals surface area contributed by atoms with Crippen LogP contribution in [0, 0.1) is 5.92 Å². The molecule has 0 saturated heterocycles. The topological polar surface area (TPSA) is 84.2 Å². The van der Waals surface area contributed by atoms with E-state index in [0.29, 0.717) is 31.7 Å². The first-order valence-electron chi connectivity index (χ1n) is 6.80. The number of rotatable bonds is 8. The summed E-state index contributed by atoms with van der Waals surface area (Å²) in [6, 6.07) is 0.251. The van der Waals surface area contributed by atoms with Gasteiger partial charge in [-0.3, -0.25) is 9.59 Å². The van der Waals surface area contributed by atoms with Crippen LogP contribution in [-0.2, 0) is 9.59 Å². The molecule has 4 N–H and O–H groups in total. The van der Waals surface area contributed by atoms with E-state index < -0.39 is 0 Å². The van der Waals surface area contributed by atoms with Gasteiger partial charge in [0.1, 0.15) is 0 Å². The lowest BCUT2D eigenvalue weighted by molar-refractivity contribution is -0.122. The summed E-state index contributed by atoms with van der Waals surface area (Å²) < 4.78 is 0. The Labute approximate surface area is 121 Å². The molecule has 0 heterocycles. The van der Waals surface area contributed by atoms with E-state index >= 15 is 0 Å². The number of amides is 2. The molecule has 1 unspecified atom stereocenters. The lowest BCUT2D eigenvalue weighted by Crippen LogP contribution is -2.38. The van der Waals surface area contributed by atoms with Crippen LogP contribution in [-0.4, -0.2) is 30.4 Å². The van der Waals surface area contributed by atoms with Gasteiger partial charge in [0.25, 0.3) is 0 Å². The number of carbonyl (C=O) groups is 2. The van der Waals surface area contributed by atoms with Gasteiger partial charge in [-0.1, -0.05) is 0 Å². The molecule has 1 saturated carbocycles. The second-order valence-corrected chi connectivity index (χ2v) is 5.38. The van der Waals surface area contributed by atoms with E-state index in [4.69, 9.17) is 5.73 Å². The van der Waals surface area contributed by atoms with E-state index in [-0.39, 0.29) is 36.3 Å². The van der Waals surface area contributed by atoms with Gasteiger partial charge in [-0.2, -0.15) is 0 Å². The molecule has 1 rings (SSSR count). The Balaban J connectivity index is 0.00000324. The highest BCUT2D eigenvalue weighted by atomic mass is 35.5. The predicted molar refractivity (Wildman–Crippen MR) is 78.1 cm³/mol. The highest BCUT2D eigenvalue weighted by Gasteiger charge is 2.28. The minimum Gasteiger partial charge on any atom is -0.355 e. The lowest BCUT2D eigenvalue weighted by Gasteiger charge is -2.11. The first kappa shape index (κ1) is 18.2. The molecule has 1 aliphatic carbocycles. The van der Waals surface area contributed by atoms with Crippen LogP contribution in [0.25, 0.3) is 0 Å². The second-order valence-electron chi connectivity index (χ2n) is 5.38. The quantitative estimate of drug-likeness (QED) is 0.623. The van der Waals surface area contributed by atoms with Crippen LogP contribution >= 0.6 is 12.4 Å². The first-order valence-corrected chi connectivity index (χ1v) is 6.80. The molecular formula is C13H26ClN3O2. The molecule has 1 fully saturated rings. The van der Waals surface area contributed by atoms with E-state index in [1.54, 1.807) is 0 Å². The van der Waals surface area contributed by atoms with Gasteiger partial charge in [0.2, 0.25) is 11.8 Å². The second kappa shape index (κ2) is 9.15. The number of halogens is 1. The van der Waals surface area contributed by atoms with Gasteiger partial charge < -0.3 is 16.4 Å². The molecule has 2 amide bonds. The Morgan fingerprint density at radius 3 is 2.32 bits per heavy atom. The summed E-state index contributed by atoms with van der Waals surface area (Å²) in [7, 11) is 0. The molecule has 0 aromatic heterocycles. The van der Waals surface area contributed by atoms with Crippen LogP contribution in [0.15, 0.2) is 0 Å². The number of hydrogen-bond acceptors (Lipinski definition) is 3. The molecule has 1 aliphatic rings. The average Bonchev–Trinajstić information content (AvgIpc) is 3.08. The van der Waals surface area contributed by atoms with Crippen molar-refractivity contribution in [3.05, 3.63) is 0 Å². The highest BCUT2D eigenvalue weighted by molar-refractivity contribution is 5.85. The van der Waals surface area contributed by atoms with Crippen molar-refractivity contribution in [1.29, 1.82) is 0 Å². The Bertz CT molecular complexity index is 294. The third-order valence-electron chi connectivity index (χ3n) is 3.02. The molecule has 0 aromatic carbocycles. The molecule has 0 aliphatic heterocycles. The van der Waals surface area contributed by atoms with Gasteiger partial charge in [-0.05, 0) is 39.0 Å². The van der Waals surface area contributed by atoms with Gasteiger partial charge in [0, 0.05) is 31.5 Å². The zero-order chi connectivity index (χ0) is 13.5. The van der Waals surface area contributed by atoms with Gasteiger partial charge in [-0.15, -0.1) is 12.4 Å². The maximum absolute atomic E-state index is 11.5. The Morgan fingerprint density at radius 2 is 1.79 bits per heavy atom. The van der Waals surface area contributed by atoms with Crippen molar-refractivity contribution < 1.29 is 9.59 Å². The molecule has 6 heteroatoms. The van der Waals surface area contributed by atoms with Gasteiger partial charge in [0.15, 0.2) is 0 Å². The molecule has 5 nitrogen and oxygen atoms in total. The fourth-order valence-corrected chi connectivity index (χ4v) is 1.81. The number of hydrogen-bond donors (Lipinski definition) is 3. The molecular weight excluding hydrogens is 266 g/mol. The maximum atomic E-state index is 11.5. The fourth-order valence-electron chi connectivity index (χ4n) is 1.81. The summed E-state index contributed by atoms with van der Waals surface area (Å²) in [5.41, 5.74) is 5.88. The summed E-state index contributed by atoms with van der Waals surface area (Å²) in [6.07, 6.45) is 3.76. The van der Waals surface area contributed by atoms with Crippen LogP contribution < -0.4 is 16.4 Å². The molecule has 112 valence electrons. The molecule has 0 aromatic rings. The molecule has 1 atom stereocenters. The Morgan fingerprint density at radius 1 is 1.21 bits per heavy atom. The van der Waals surface area contributed by atoms with E-state index in [2.05, 4.69) is 10.6 Å². The first-order chi connectivity index (χ1) is 8.49. The molecule has 0 spiro atoms. The zero-order valence-electron chi connectivity index (χ0n) is 11.8. The van der Waals surface area contributed by atoms with E-state index in [0.717, 1.165) is 0 Å². The van der Waals surface area contributed by atoms with E-state index in [1.807, 2.05) is 13.8 Å². The lowest BCUT2D eigenvalue weighted by atomic mass is 10.2. The fraction of sp³-hybridized carbons (Fsp3) is 0.846. The summed E-state index contributed by atoms with van der Waals surface area (Å²) in [5, 5.41) is 5.62. The molecule has 0 radical (unpaired) electrons. The summed E-state index contributed by atoms with van der Waals surface area (Å²) >= 11 is 0. The van der Waals surface area contributed by atoms with Crippen LogP contribution in [0.5, 0.6) is 0 Å². The van der Waals surface area contributed by atoms with Gasteiger partial charge >= 0.3 is 0 Å². The molecule has 19 heavy (non-hydrogen) atoms. The highest BCUT2D eigenvalue weighted by Crippen LogP contribution is 2.31. The van der Waals surface area contributed by atoms with Crippen molar-refractivity contribution in [3.8, 4) is 0 Å². The number of carbonyl (C=O) groups excluding carboxylic acids is 2. The predicted octanol–water partition coefficient (Wildman–Crippen LogP) is 0.957. The van der Waals surface area contributed by atoms with Crippen molar-refractivity contribution in [3.63, 3.8) is 0 Å². The van der Waals surface area contributed by atoms with Gasteiger partial charge in [-0.25, -0.2) is 0 Å². The minimum absolute atomic E-state index is 0. The van der Waals surface area contributed by atoms with Crippen molar-refractivity contribution in [2.24, 2.45) is 11.7 Å². The third-order valence-corrected chi connectivity index (χ3v) is 3.02. The zero-order valence-corrected chi connectivity index (χ0v) is 12.6. The smallest absolute Gasteiger partial charge is 0.220 e. The minimum atomic E-state index is -0.0107. The number of nitrogens with two attached hydrogens (primary N) is 1. The SMILES string of the molecule is CC(C)NC(=O)CCCC(=O)NCC(N)C1CC1.Cl. The van der Waals surface area contributed by atoms with E-state index in [1.165, 1.54) is 12.8 Å². The summed E-state index contributed by atoms with van der Waals surface area (Å²) in [4.78, 5) is 22.8. The Hall–Kier alpha value is -0.810. The van der Waals surface area contributed by atoms with Crippen LogP contribution in [0.4, 0.5) is 0 Å². The van der Waals surface area contributed by atoms with Gasteiger partial charge in [0.05, 0.1) is 0 Å². The normalized spacial score (nSPS) is 15.6. The van der Waals surface area contributed by atoms with Crippen molar-refractivity contribution >= 4 is 24.2 Å². The monoisotopic (exact) mass is 291 g/mol. The largest absolute Gasteiger partial charge is 0.355 e. The maximum Gasteiger partial charge on any atom is 0.220 e. The molecule has 0 bridgehead atoms. The summed E-state index contributed by atoms with van der Waals surface area (Å²) in [5.74, 6) is 0.595. The number of nitrogens with one attached hydrogen (secondary N) is 2. The van der Waals surface area contributed by atoms with Crippen molar-refractivity contribution in [2.75, 3.05) is 6.54 Å². The van der Waals surface area contributed by atoms with Crippen molar-refractivity contribution in [1.82, 2.24) is 10.6 Å². The van der Waals surface area contributed by atoms with Crippen LogP contribution in [0.1, 0.15) is 46.0 Å². The summed E-state index contributed by atoms with van der Waals surface area (Å²) in [6.45, 7) is 4.40. The van der Waals surface area contributed by atoms with Crippen molar-refractivity contribution in [2.45, 2.75) is 58.0 Å².